The van der Waals surface area contributed by atoms with Crippen molar-refractivity contribution in [2.45, 2.75) is 25.3 Å². The highest BCUT2D eigenvalue weighted by molar-refractivity contribution is 6.31. The third-order valence-electron chi connectivity index (χ3n) is 3.28. The molecule has 2 N–H and O–H groups in total. The lowest BCUT2D eigenvalue weighted by atomic mass is 10.1. The Morgan fingerprint density at radius 3 is 3.00 bits per heavy atom. The molecule has 0 radical (unpaired) electrons. The minimum absolute atomic E-state index is 0.000261. The van der Waals surface area contributed by atoms with Crippen molar-refractivity contribution in [3.8, 4) is 0 Å². The fraction of sp³-hybridized carbons (Fsp3) is 0.462. The maximum Gasteiger partial charge on any atom is 0.283 e. The third-order valence-corrected chi connectivity index (χ3v) is 3.52. The average Bonchev–Trinajstić information content (AvgIpc) is 2.67. The maximum absolute atomic E-state index is 12.2. The molecule has 6 nitrogen and oxygen atoms in total. The topological polar surface area (TPSA) is 84.3 Å². The summed E-state index contributed by atoms with van der Waals surface area (Å²) in [5.74, 6) is -0.429. The second-order valence-corrected chi connectivity index (χ2v) is 5.23. The average molecular weight is 298 g/mol. The Hall–Kier alpha value is -1.66. The van der Waals surface area contributed by atoms with Crippen molar-refractivity contribution in [1.29, 1.82) is 0 Å². The molecule has 1 fully saturated rings. The van der Waals surface area contributed by atoms with E-state index in [1.165, 1.54) is 18.2 Å². The molecule has 0 spiro atoms. The highest BCUT2D eigenvalue weighted by Crippen LogP contribution is 2.23. The number of nitro benzene ring substituents is 1. The number of carbonyl (C=O) groups is 1. The van der Waals surface area contributed by atoms with Crippen LogP contribution in [0, 0.1) is 10.1 Å². The monoisotopic (exact) mass is 297 g/mol. The number of halogens is 1. The smallest absolute Gasteiger partial charge is 0.283 e. The molecule has 0 aliphatic carbocycles. The number of nitrogens with zero attached hydrogens (tertiary/aromatic N) is 1. The molecule has 0 saturated carbocycles. The zero-order valence-corrected chi connectivity index (χ0v) is 11.7. The minimum Gasteiger partial charge on any atom is -0.348 e. The van der Waals surface area contributed by atoms with Gasteiger partial charge in [0.25, 0.3) is 11.6 Å². The summed E-state index contributed by atoms with van der Waals surface area (Å²) in [4.78, 5) is 22.6. The molecule has 1 atom stereocenters. The standard InChI is InChI=1S/C13H16ClN3O3/c14-9-4-5-11(12(7-9)17(19)20)13(18)16-10-3-1-2-6-15-8-10/h4-5,7,10,15H,1-3,6,8H2,(H,16,18). The second kappa shape index (κ2) is 6.67. The lowest BCUT2D eigenvalue weighted by Crippen LogP contribution is -2.41. The van der Waals surface area contributed by atoms with E-state index in [1.807, 2.05) is 0 Å². The van der Waals surface area contributed by atoms with Gasteiger partial charge in [-0.15, -0.1) is 0 Å². The highest BCUT2D eigenvalue weighted by atomic mass is 35.5. The van der Waals surface area contributed by atoms with Gasteiger partial charge < -0.3 is 10.6 Å². The van der Waals surface area contributed by atoms with Crippen LogP contribution in [0.1, 0.15) is 29.6 Å². The molecule has 1 aromatic rings. The molecule has 1 amide bonds. The van der Waals surface area contributed by atoms with E-state index in [-0.39, 0.29) is 22.3 Å². The van der Waals surface area contributed by atoms with Crippen LogP contribution in [0.4, 0.5) is 5.69 Å². The van der Waals surface area contributed by atoms with Crippen molar-refractivity contribution in [2.75, 3.05) is 13.1 Å². The summed E-state index contributed by atoms with van der Waals surface area (Å²) < 4.78 is 0. The molecular weight excluding hydrogens is 282 g/mol. The summed E-state index contributed by atoms with van der Waals surface area (Å²) in [6.45, 7) is 1.63. The Morgan fingerprint density at radius 1 is 1.45 bits per heavy atom. The van der Waals surface area contributed by atoms with Crippen molar-refractivity contribution < 1.29 is 9.72 Å². The second-order valence-electron chi connectivity index (χ2n) is 4.79. The van der Waals surface area contributed by atoms with Crippen LogP contribution in [-0.2, 0) is 0 Å². The summed E-state index contributed by atoms with van der Waals surface area (Å²) in [6, 6.07) is 4.07. The predicted molar refractivity (Wildman–Crippen MR) is 76.1 cm³/mol. The molecule has 108 valence electrons. The molecule has 1 heterocycles. The number of nitrogens with one attached hydrogen (secondary N) is 2. The Kier molecular flexibility index (Phi) is 4.92. The number of carbonyl (C=O) groups excluding carboxylic acids is 1. The summed E-state index contributed by atoms with van der Waals surface area (Å²) in [6.07, 6.45) is 2.98. The molecular formula is C13H16ClN3O3. The zero-order valence-electron chi connectivity index (χ0n) is 10.9. The van der Waals surface area contributed by atoms with Gasteiger partial charge in [-0.05, 0) is 31.5 Å². The minimum atomic E-state index is -0.591. The van der Waals surface area contributed by atoms with Gasteiger partial charge in [-0.25, -0.2) is 0 Å². The molecule has 0 bridgehead atoms. The Labute approximate surface area is 121 Å². The van der Waals surface area contributed by atoms with Crippen molar-refractivity contribution >= 4 is 23.2 Å². The number of nitro groups is 1. The molecule has 7 heteroatoms. The van der Waals surface area contributed by atoms with Gasteiger partial charge >= 0.3 is 0 Å². The van der Waals surface area contributed by atoms with Gasteiger partial charge in [-0.3, -0.25) is 14.9 Å². The predicted octanol–water partition coefficient (Wildman–Crippen LogP) is 2.12. The van der Waals surface area contributed by atoms with Crippen LogP contribution >= 0.6 is 11.6 Å². The van der Waals surface area contributed by atoms with Gasteiger partial charge in [0.15, 0.2) is 0 Å². The molecule has 1 aliphatic heterocycles. The number of hydrogen-bond acceptors (Lipinski definition) is 4. The van der Waals surface area contributed by atoms with Crippen LogP contribution in [0.5, 0.6) is 0 Å². The summed E-state index contributed by atoms with van der Waals surface area (Å²) in [5.41, 5.74) is -0.222. The summed E-state index contributed by atoms with van der Waals surface area (Å²) in [7, 11) is 0. The van der Waals surface area contributed by atoms with Crippen molar-refractivity contribution in [3.05, 3.63) is 38.9 Å². The molecule has 1 unspecified atom stereocenters. The van der Waals surface area contributed by atoms with E-state index >= 15 is 0 Å². The SMILES string of the molecule is O=C(NC1CCCCNC1)c1ccc(Cl)cc1[N+](=O)[O-]. The normalized spacial score (nSPS) is 19.1. The Balaban J connectivity index is 2.14. The fourth-order valence-electron chi connectivity index (χ4n) is 2.25. The Bertz CT molecular complexity index is 514. The van der Waals surface area contributed by atoms with Crippen LogP contribution in [0.15, 0.2) is 18.2 Å². The van der Waals surface area contributed by atoms with Crippen LogP contribution in [0.25, 0.3) is 0 Å². The molecule has 1 aromatic carbocycles. The largest absolute Gasteiger partial charge is 0.348 e. The van der Waals surface area contributed by atoms with Gasteiger partial charge in [-0.2, -0.15) is 0 Å². The molecule has 1 saturated heterocycles. The fourth-order valence-corrected chi connectivity index (χ4v) is 2.42. The van der Waals surface area contributed by atoms with Crippen molar-refractivity contribution in [1.82, 2.24) is 10.6 Å². The van der Waals surface area contributed by atoms with Gasteiger partial charge in [0.2, 0.25) is 0 Å². The van der Waals surface area contributed by atoms with E-state index < -0.39 is 10.8 Å². The maximum atomic E-state index is 12.2. The lowest BCUT2D eigenvalue weighted by Gasteiger charge is -2.16. The van der Waals surface area contributed by atoms with E-state index in [2.05, 4.69) is 10.6 Å². The van der Waals surface area contributed by atoms with Crippen molar-refractivity contribution in [3.63, 3.8) is 0 Å². The lowest BCUT2D eigenvalue weighted by molar-refractivity contribution is -0.385. The summed E-state index contributed by atoms with van der Waals surface area (Å²) >= 11 is 5.73. The van der Waals surface area contributed by atoms with Gasteiger partial charge in [-0.1, -0.05) is 18.0 Å². The van der Waals surface area contributed by atoms with E-state index in [0.29, 0.717) is 6.54 Å². The van der Waals surface area contributed by atoms with Crippen molar-refractivity contribution in [2.24, 2.45) is 0 Å². The van der Waals surface area contributed by atoms with Crippen LogP contribution < -0.4 is 10.6 Å². The molecule has 20 heavy (non-hydrogen) atoms. The first-order valence-electron chi connectivity index (χ1n) is 6.53. The molecule has 1 aliphatic rings. The quantitative estimate of drug-likeness (QED) is 0.661. The van der Waals surface area contributed by atoms with E-state index in [0.717, 1.165) is 25.8 Å². The zero-order chi connectivity index (χ0) is 14.5. The first-order valence-corrected chi connectivity index (χ1v) is 6.91. The number of amides is 1. The number of hydrogen-bond donors (Lipinski definition) is 2. The van der Waals surface area contributed by atoms with Gasteiger partial charge in [0.05, 0.1) is 4.92 Å². The first kappa shape index (κ1) is 14.7. The Morgan fingerprint density at radius 2 is 2.25 bits per heavy atom. The van der Waals surface area contributed by atoms with E-state index in [9.17, 15) is 14.9 Å². The van der Waals surface area contributed by atoms with Crippen LogP contribution in [0.3, 0.4) is 0 Å². The third kappa shape index (κ3) is 3.68. The number of rotatable bonds is 3. The highest BCUT2D eigenvalue weighted by Gasteiger charge is 2.23. The van der Waals surface area contributed by atoms with Crippen LogP contribution in [0.2, 0.25) is 5.02 Å². The van der Waals surface area contributed by atoms with Gasteiger partial charge in [0, 0.05) is 23.7 Å². The van der Waals surface area contributed by atoms with Gasteiger partial charge in [0.1, 0.15) is 5.56 Å². The van der Waals surface area contributed by atoms with Crippen LogP contribution in [-0.4, -0.2) is 30.0 Å². The first-order chi connectivity index (χ1) is 9.58. The number of benzene rings is 1. The molecule has 2 rings (SSSR count). The van der Waals surface area contributed by atoms with E-state index in [1.54, 1.807) is 0 Å². The summed E-state index contributed by atoms with van der Waals surface area (Å²) in [5, 5.41) is 17.3. The van der Waals surface area contributed by atoms with E-state index in [4.69, 9.17) is 11.6 Å². The molecule has 0 aromatic heterocycles.